The van der Waals surface area contributed by atoms with E-state index in [1.807, 2.05) is 38.1 Å². The number of fused-ring (bicyclic) bond motifs is 1. The van der Waals surface area contributed by atoms with Crippen LogP contribution in [0.2, 0.25) is 0 Å². The molecule has 0 fully saturated rings. The van der Waals surface area contributed by atoms with Crippen molar-refractivity contribution in [2.75, 3.05) is 12.3 Å². The molecule has 0 aliphatic heterocycles. The summed E-state index contributed by atoms with van der Waals surface area (Å²) in [6.07, 6.45) is 9.82. The molecule has 0 spiro atoms. The maximum Gasteiger partial charge on any atom is 0.282 e. The van der Waals surface area contributed by atoms with Gasteiger partial charge in [0.15, 0.2) is 10.7 Å². The third-order valence-corrected chi connectivity index (χ3v) is 6.88. The SMILES string of the molecule is CCn1cc2nc(SCC(=O)NCCC3=CCCCC3)n(Cc3ccc(C)cc3)c(=O)c2n1. The number of amides is 1. The van der Waals surface area contributed by atoms with E-state index in [1.165, 1.54) is 30.2 Å². The Bertz CT molecular complexity index is 1210. The molecule has 2 aromatic heterocycles. The van der Waals surface area contributed by atoms with Crippen molar-refractivity contribution in [1.29, 1.82) is 0 Å². The Morgan fingerprint density at radius 3 is 2.76 bits per heavy atom. The van der Waals surface area contributed by atoms with Crippen LogP contribution >= 0.6 is 11.8 Å². The summed E-state index contributed by atoms with van der Waals surface area (Å²) in [6.45, 7) is 5.71. The van der Waals surface area contributed by atoms with Gasteiger partial charge in [0.25, 0.3) is 5.56 Å². The van der Waals surface area contributed by atoms with E-state index in [0.29, 0.717) is 35.8 Å². The van der Waals surface area contributed by atoms with E-state index in [9.17, 15) is 9.59 Å². The summed E-state index contributed by atoms with van der Waals surface area (Å²) in [5.74, 6) is 0.171. The molecule has 0 atom stereocenters. The highest BCUT2D eigenvalue weighted by Crippen LogP contribution is 2.20. The molecule has 1 amide bonds. The van der Waals surface area contributed by atoms with Gasteiger partial charge in [-0.1, -0.05) is 53.2 Å². The molecule has 0 radical (unpaired) electrons. The van der Waals surface area contributed by atoms with Crippen LogP contribution in [0, 0.1) is 6.92 Å². The Morgan fingerprint density at radius 2 is 2.03 bits per heavy atom. The standard InChI is InChI=1S/C25H31N5O2S/c1-3-29-16-21-23(28-29)24(32)30(15-20-11-9-18(2)10-12-20)25(27-21)33-17-22(31)26-14-13-19-7-5-4-6-8-19/h7,9-12,16H,3-6,8,13-15,17H2,1-2H3,(H,26,31). The number of allylic oxidation sites excluding steroid dienone is 1. The second-order valence-corrected chi connectivity index (χ2v) is 9.43. The first-order valence-corrected chi connectivity index (χ1v) is 12.6. The van der Waals surface area contributed by atoms with Crippen LogP contribution in [0.4, 0.5) is 0 Å². The molecule has 3 aromatic rings. The molecule has 7 nitrogen and oxygen atoms in total. The summed E-state index contributed by atoms with van der Waals surface area (Å²) in [4.78, 5) is 30.4. The van der Waals surface area contributed by atoms with Gasteiger partial charge in [0.05, 0.1) is 18.5 Å². The van der Waals surface area contributed by atoms with Crippen molar-refractivity contribution in [3.8, 4) is 0 Å². The number of thioether (sulfide) groups is 1. The number of aromatic nitrogens is 4. The Hall–Kier alpha value is -2.87. The molecule has 1 aliphatic rings. The zero-order chi connectivity index (χ0) is 23.2. The van der Waals surface area contributed by atoms with E-state index in [4.69, 9.17) is 4.98 Å². The molecule has 1 aromatic carbocycles. The third kappa shape index (κ3) is 5.93. The Labute approximate surface area is 198 Å². The predicted octanol–water partition coefficient (Wildman–Crippen LogP) is 4.07. The van der Waals surface area contributed by atoms with Crippen LogP contribution in [0.1, 0.15) is 50.2 Å². The van der Waals surface area contributed by atoms with Crippen LogP contribution in [-0.2, 0) is 17.9 Å². The summed E-state index contributed by atoms with van der Waals surface area (Å²) in [5.41, 5.74) is 4.36. The van der Waals surface area contributed by atoms with Gasteiger partial charge in [-0.05, 0) is 51.5 Å². The monoisotopic (exact) mass is 465 g/mol. The maximum absolute atomic E-state index is 13.3. The molecule has 1 N–H and O–H groups in total. The summed E-state index contributed by atoms with van der Waals surface area (Å²) < 4.78 is 3.35. The molecule has 8 heteroatoms. The fourth-order valence-corrected chi connectivity index (χ4v) is 4.81. The van der Waals surface area contributed by atoms with Crippen molar-refractivity contribution in [2.45, 2.75) is 64.2 Å². The Kier molecular flexibility index (Phi) is 7.65. The van der Waals surface area contributed by atoms with E-state index in [0.717, 1.165) is 30.4 Å². The lowest BCUT2D eigenvalue weighted by atomic mass is 9.97. The van der Waals surface area contributed by atoms with E-state index < -0.39 is 0 Å². The average Bonchev–Trinajstić information content (AvgIpc) is 3.25. The average molecular weight is 466 g/mol. The summed E-state index contributed by atoms with van der Waals surface area (Å²) in [6, 6.07) is 8.08. The largest absolute Gasteiger partial charge is 0.355 e. The highest BCUT2D eigenvalue weighted by atomic mass is 32.2. The zero-order valence-electron chi connectivity index (χ0n) is 19.3. The van der Waals surface area contributed by atoms with Crippen molar-refractivity contribution >= 4 is 28.7 Å². The summed E-state index contributed by atoms with van der Waals surface area (Å²) in [7, 11) is 0. The first kappa shape index (κ1) is 23.3. The van der Waals surface area contributed by atoms with Crippen LogP contribution in [0.3, 0.4) is 0 Å². The topological polar surface area (TPSA) is 81.8 Å². The minimum absolute atomic E-state index is 0.0445. The quantitative estimate of drug-likeness (QED) is 0.293. The second-order valence-electron chi connectivity index (χ2n) is 8.49. The van der Waals surface area contributed by atoms with Gasteiger partial charge in [0, 0.05) is 13.1 Å². The smallest absolute Gasteiger partial charge is 0.282 e. The number of aryl methyl sites for hydroxylation is 2. The number of hydrogen-bond donors (Lipinski definition) is 1. The van der Waals surface area contributed by atoms with Crippen molar-refractivity contribution in [3.63, 3.8) is 0 Å². The molecule has 0 unspecified atom stereocenters. The minimum atomic E-state index is -0.181. The van der Waals surface area contributed by atoms with Gasteiger partial charge in [-0.2, -0.15) is 5.10 Å². The van der Waals surface area contributed by atoms with E-state index >= 15 is 0 Å². The molecule has 0 saturated heterocycles. The zero-order valence-corrected chi connectivity index (χ0v) is 20.2. The van der Waals surface area contributed by atoms with Crippen LogP contribution in [0.25, 0.3) is 11.0 Å². The lowest BCUT2D eigenvalue weighted by molar-refractivity contribution is -0.118. The van der Waals surface area contributed by atoms with Gasteiger partial charge in [-0.25, -0.2) is 4.98 Å². The summed E-state index contributed by atoms with van der Waals surface area (Å²) in [5, 5.41) is 7.94. The number of carbonyl (C=O) groups is 1. The molecule has 0 bridgehead atoms. The van der Waals surface area contributed by atoms with Gasteiger partial charge in [0.1, 0.15) is 5.52 Å². The first-order valence-electron chi connectivity index (χ1n) is 11.6. The molecular formula is C25H31N5O2S. The molecule has 4 rings (SSSR count). The molecule has 33 heavy (non-hydrogen) atoms. The van der Waals surface area contributed by atoms with Crippen molar-refractivity contribution in [1.82, 2.24) is 24.6 Å². The van der Waals surface area contributed by atoms with Crippen LogP contribution < -0.4 is 10.9 Å². The van der Waals surface area contributed by atoms with Gasteiger partial charge >= 0.3 is 0 Å². The number of rotatable bonds is 9. The predicted molar refractivity (Wildman–Crippen MR) is 133 cm³/mol. The Morgan fingerprint density at radius 1 is 1.21 bits per heavy atom. The fourth-order valence-electron chi connectivity index (χ4n) is 3.99. The van der Waals surface area contributed by atoms with Gasteiger partial charge < -0.3 is 5.32 Å². The third-order valence-electron chi connectivity index (χ3n) is 5.91. The normalized spacial score (nSPS) is 13.8. The number of benzene rings is 1. The van der Waals surface area contributed by atoms with Crippen LogP contribution in [0.15, 0.2) is 52.1 Å². The summed E-state index contributed by atoms with van der Waals surface area (Å²) >= 11 is 1.30. The highest BCUT2D eigenvalue weighted by Gasteiger charge is 2.16. The van der Waals surface area contributed by atoms with Gasteiger partial charge in [-0.3, -0.25) is 18.8 Å². The maximum atomic E-state index is 13.3. The van der Waals surface area contributed by atoms with Crippen molar-refractivity contribution < 1.29 is 4.79 Å². The van der Waals surface area contributed by atoms with Crippen LogP contribution in [0.5, 0.6) is 0 Å². The van der Waals surface area contributed by atoms with E-state index in [-0.39, 0.29) is 17.2 Å². The van der Waals surface area contributed by atoms with E-state index in [2.05, 4.69) is 16.5 Å². The fraction of sp³-hybridized carbons (Fsp3) is 0.440. The molecule has 174 valence electrons. The lowest BCUT2D eigenvalue weighted by Crippen LogP contribution is -2.28. The van der Waals surface area contributed by atoms with Crippen LogP contribution in [-0.4, -0.2) is 37.5 Å². The first-order chi connectivity index (χ1) is 16.0. The Balaban J connectivity index is 1.49. The molecule has 2 heterocycles. The van der Waals surface area contributed by atoms with Gasteiger partial charge in [0.2, 0.25) is 5.91 Å². The highest BCUT2D eigenvalue weighted by molar-refractivity contribution is 7.99. The number of carbonyl (C=O) groups excluding carboxylic acids is 1. The second kappa shape index (κ2) is 10.8. The molecule has 0 saturated carbocycles. The molecule has 1 aliphatic carbocycles. The van der Waals surface area contributed by atoms with E-state index in [1.54, 1.807) is 15.4 Å². The number of hydrogen-bond acceptors (Lipinski definition) is 5. The van der Waals surface area contributed by atoms with Crippen molar-refractivity contribution in [2.24, 2.45) is 0 Å². The van der Waals surface area contributed by atoms with Crippen molar-refractivity contribution in [3.05, 3.63) is 63.6 Å². The number of nitrogens with one attached hydrogen (secondary N) is 1. The number of nitrogens with zero attached hydrogens (tertiary/aromatic N) is 4. The lowest BCUT2D eigenvalue weighted by Gasteiger charge is -2.13. The molecular weight excluding hydrogens is 434 g/mol. The minimum Gasteiger partial charge on any atom is -0.355 e. The van der Waals surface area contributed by atoms with Gasteiger partial charge in [-0.15, -0.1) is 0 Å².